The fourth-order valence-corrected chi connectivity index (χ4v) is 8.08. The van der Waals surface area contributed by atoms with Crippen LogP contribution in [-0.4, -0.2) is 0 Å². The quantitative estimate of drug-likeness (QED) is 0.170. The summed E-state index contributed by atoms with van der Waals surface area (Å²) in [7, 11) is 0. The van der Waals surface area contributed by atoms with Gasteiger partial charge in [0, 0.05) is 47.7 Å². The van der Waals surface area contributed by atoms with E-state index in [4.69, 9.17) is 0 Å². The molecule has 210 valence electrons. The van der Waals surface area contributed by atoms with Gasteiger partial charge >= 0.3 is 0 Å². The van der Waals surface area contributed by atoms with Crippen molar-refractivity contribution in [3.05, 3.63) is 132 Å². The Morgan fingerprint density at radius 1 is 0.667 bits per heavy atom. The van der Waals surface area contributed by atoms with Crippen LogP contribution >= 0.6 is 0 Å². The zero-order valence-corrected chi connectivity index (χ0v) is 25.3. The summed E-state index contributed by atoms with van der Waals surface area (Å²) in [6.45, 7) is 7.06. The minimum atomic E-state index is -0.0524. The third-order valence-electron chi connectivity index (χ3n) is 10.2. The van der Waals surface area contributed by atoms with Crippen LogP contribution in [0.3, 0.4) is 0 Å². The van der Waals surface area contributed by atoms with E-state index in [2.05, 4.69) is 145 Å². The average Bonchev–Trinajstić information content (AvgIpc) is 3.37. The molecule has 3 aromatic carbocycles. The van der Waals surface area contributed by atoms with Gasteiger partial charge in [0.05, 0.1) is 12.0 Å². The van der Waals surface area contributed by atoms with E-state index in [1.807, 2.05) is 0 Å². The van der Waals surface area contributed by atoms with Crippen LogP contribution in [0, 0.1) is 0 Å². The Morgan fingerprint density at radius 3 is 2.12 bits per heavy atom. The summed E-state index contributed by atoms with van der Waals surface area (Å²) in [4.78, 5) is 0. The van der Waals surface area contributed by atoms with E-state index in [0.717, 1.165) is 25.7 Å². The Morgan fingerprint density at radius 2 is 1.38 bits per heavy atom. The first-order chi connectivity index (χ1) is 20.7. The summed E-state index contributed by atoms with van der Waals surface area (Å²) >= 11 is 0. The van der Waals surface area contributed by atoms with E-state index in [-0.39, 0.29) is 5.54 Å². The average molecular weight is 551 g/mol. The number of nitrogens with zero attached hydrogens (tertiary/aromatic N) is 2. The standard InChI is InChI=1S/C40H42N2/c1-4-7-14-29-20-22-30(23-21-29)31-24-26-42-38(27-31)33-16-9-8-15-32(33)36(5-2)40(42,6-3)28-39-35-18-11-10-17-34(35)37-19-12-13-25-41(37)39/h8-13,15-27,36,39H,4-7,14,28H2,1-3H3/q+2. The van der Waals surface area contributed by atoms with Gasteiger partial charge in [0.25, 0.3) is 0 Å². The molecule has 0 spiro atoms. The highest BCUT2D eigenvalue weighted by molar-refractivity contribution is 5.72. The van der Waals surface area contributed by atoms with Crippen LogP contribution in [-0.2, 0) is 12.0 Å². The molecule has 3 atom stereocenters. The van der Waals surface area contributed by atoms with Crippen LogP contribution < -0.4 is 9.13 Å². The second-order valence-corrected chi connectivity index (χ2v) is 12.3. The molecule has 2 heteroatoms. The molecular weight excluding hydrogens is 508 g/mol. The summed E-state index contributed by atoms with van der Waals surface area (Å²) in [5, 5.41) is 0. The summed E-state index contributed by atoms with van der Waals surface area (Å²) in [6.07, 6.45) is 11.6. The van der Waals surface area contributed by atoms with Gasteiger partial charge in [0.2, 0.25) is 11.4 Å². The Kier molecular flexibility index (Phi) is 7.02. The molecule has 2 nitrogen and oxygen atoms in total. The van der Waals surface area contributed by atoms with Gasteiger partial charge < -0.3 is 0 Å². The zero-order chi connectivity index (χ0) is 28.7. The van der Waals surface area contributed by atoms with E-state index in [9.17, 15) is 0 Å². The van der Waals surface area contributed by atoms with Gasteiger partial charge in [0.1, 0.15) is 0 Å². The molecule has 0 aliphatic carbocycles. The van der Waals surface area contributed by atoms with E-state index >= 15 is 0 Å². The van der Waals surface area contributed by atoms with E-state index in [0.29, 0.717) is 12.0 Å². The van der Waals surface area contributed by atoms with Crippen LogP contribution in [0.1, 0.15) is 81.5 Å². The molecule has 0 saturated heterocycles. The normalized spacial score (nSPS) is 20.0. The molecule has 3 unspecified atom stereocenters. The fourth-order valence-electron chi connectivity index (χ4n) is 8.08. The first-order valence-electron chi connectivity index (χ1n) is 16.0. The number of rotatable bonds is 8. The van der Waals surface area contributed by atoms with Gasteiger partial charge in [-0.15, -0.1) is 0 Å². The van der Waals surface area contributed by atoms with Crippen LogP contribution in [0.25, 0.3) is 33.6 Å². The Bertz CT molecular complexity index is 1690. The van der Waals surface area contributed by atoms with Crippen molar-refractivity contribution >= 4 is 0 Å². The first-order valence-corrected chi connectivity index (χ1v) is 16.0. The molecule has 0 N–H and O–H groups in total. The second kappa shape index (κ2) is 11.0. The highest BCUT2D eigenvalue weighted by Gasteiger charge is 2.55. The smallest absolute Gasteiger partial charge is 0.192 e. The predicted octanol–water partition coefficient (Wildman–Crippen LogP) is 9.21. The number of pyridine rings is 2. The maximum Gasteiger partial charge on any atom is 0.213 e. The molecule has 0 bridgehead atoms. The topological polar surface area (TPSA) is 7.76 Å². The van der Waals surface area contributed by atoms with Crippen molar-refractivity contribution in [2.24, 2.45) is 0 Å². The number of aryl methyl sites for hydroxylation is 1. The minimum Gasteiger partial charge on any atom is -0.192 e. The number of aromatic nitrogens is 2. The Balaban J connectivity index is 1.37. The highest BCUT2D eigenvalue weighted by atomic mass is 15.1. The molecule has 0 fully saturated rings. The number of unbranched alkanes of at least 4 members (excludes halogenated alkanes) is 1. The molecule has 0 amide bonds. The summed E-state index contributed by atoms with van der Waals surface area (Å²) in [6, 6.07) is 39.3. The van der Waals surface area contributed by atoms with Crippen molar-refractivity contribution < 1.29 is 9.13 Å². The molecule has 2 aliphatic heterocycles. The first kappa shape index (κ1) is 26.8. The molecule has 2 aliphatic rings. The Labute approximate surface area is 251 Å². The highest BCUT2D eigenvalue weighted by Crippen LogP contribution is 2.50. The van der Waals surface area contributed by atoms with Gasteiger partial charge in [0.15, 0.2) is 24.0 Å². The lowest BCUT2D eigenvalue weighted by atomic mass is 9.67. The van der Waals surface area contributed by atoms with Crippen molar-refractivity contribution in [1.29, 1.82) is 0 Å². The molecule has 4 heterocycles. The molecule has 0 saturated carbocycles. The van der Waals surface area contributed by atoms with Crippen molar-refractivity contribution in [1.82, 2.24) is 0 Å². The third-order valence-corrected chi connectivity index (χ3v) is 10.2. The fraction of sp³-hybridized carbons (Fsp3) is 0.300. The minimum absolute atomic E-state index is 0.0524. The Hall–Kier alpha value is -4.04. The number of hydrogen-bond donors (Lipinski definition) is 0. The lowest BCUT2D eigenvalue weighted by molar-refractivity contribution is -0.778. The van der Waals surface area contributed by atoms with Crippen molar-refractivity contribution in [3.8, 4) is 33.6 Å². The lowest BCUT2D eigenvalue weighted by Crippen LogP contribution is -2.64. The molecule has 42 heavy (non-hydrogen) atoms. The zero-order valence-electron chi connectivity index (χ0n) is 25.3. The lowest BCUT2D eigenvalue weighted by Gasteiger charge is -2.40. The van der Waals surface area contributed by atoms with Gasteiger partial charge in [-0.05, 0) is 59.7 Å². The van der Waals surface area contributed by atoms with Crippen molar-refractivity contribution in [2.45, 2.75) is 76.8 Å². The van der Waals surface area contributed by atoms with E-state index in [1.165, 1.54) is 63.2 Å². The SMILES string of the molecule is CCCCc1ccc(-c2cc[n+]3c(c2)-c2ccccc2C(CC)C3(CC)CC2c3ccccc3-c3cccc[n+]32)cc1. The van der Waals surface area contributed by atoms with Gasteiger partial charge in [-0.25, -0.2) is 0 Å². The third kappa shape index (κ3) is 4.23. The molecule has 0 radical (unpaired) electrons. The van der Waals surface area contributed by atoms with Crippen molar-refractivity contribution in [2.75, 3.05) is 0 Å². The summed E-state index contributed by atoms with van der Waals surface area (Å²) in [5.41, 5.74) is 12.4. The predicted molar refractivity (Wildman–Crippen MR) is 172 cm³/mol. The summed E-state index contributed by atoms with van der Waals surface area (Å²) < 4.78 is 5.21. The molecular formula is C40H42N2+2. The second-order valence-electron chi connectivity index (χ2n) is 12.3. The van der Waals surface area contributed by atoms with Crippen molar-refractivity contribution in [3.63, 3.8) is 0 Å². The van der Waals surface area contributed by atoms with Crippen LogP contribution in [0.5, 0.6) is 0 Å². The maximum atomic E-state index is 2.67. The van der Waals surface area contributed by atoms with E-state index in [1.54, 1.807) is 0 Å². The van der Waals surface area contributed by atoms with Crippen LogP contribution in [0.15, 0.2) is 116 Å². The van der Waals surface area contributed by atoms with Crippen LogP contribution in [0.2, 0.25) is 0 Å². The summed E-state index contributed by atoms with van der Waals surface area (Å²) in [5.74, 6) is 0.431. The molecule has 5 aromatic rings. The molecule has 7 rings (SSSR count). The van der Waals surface area contributed by atoms with Gasteiger partial charge in [-0.2, -0.15) is 9.13 Å². The largest absolute Gasteiger partial charge is 0.213 e. The number of benzene rings is 3. The monoisotopic (exact) mass is 550 g/mol. The number of fused-ring (bicyclic) bond motifs is 6. The van der Waals surface area contributed by atoms with Crippen LogP contribution in [0.4, 0.5) is 0 Å². The van der Waals surface area contributed by atoms with Gasteiger partial charge in [-0.3, -0.25) is 0 Å². The maximum absolute atomic E-state index is 2.67. The number of hydrogen-bond acceptors (Lipinski definition) is 0. The van der Waals surface area contributed by atoms with E-state index < -0.39 is 0 Å². The molecule has 2 aromatic heterocycles. The van der Waals surface area contributed by atoms with Gasteiger partial charge in [-0.1, -0.05) is 87.9 Å².